The second kappa shape index (κ2) is 4.31. The second-order valence-electron chi connectivity index (χ2n) is 7.04. The van der Waals surface area contributed by atoms with Crippen LogP contribution in [0.15, 0.2) is 23.3 Å². The predicted octanol–water partition coefficient (Wildman–Crippen LogP) is 3.50. The van der Waals surface area contributed by atoms with Gasteiger partial charge in [0.15, 0.2) is 5.78 Å². The van der Waals surface area contributed by atoms with E-state index >= 15 is 0 Å². The number of carboxylic acid groups (broad SMARTS) is 1. The molecule has 0 radical (unpaired) electrons. The summed E-state index contributed by atoms with van der Waals surface area (Å²) in [7, 11) is 0. The largest absolute Gasteiger partial charge is 0.481 e. The van der Waals surface area contributed by atoms with Crippen molar-refractivity contribution >= 4 is 11.8 Å². The van der Waals surface area contributed by atoms with Crippen LogP contribution in [0.1, 0.15) is 52.4 Å². The summed E-state index contributed by atoms with van der Waals surface area (Å²) in [6.07, 6.45) is 8.92. The first kappa shape index (κ1) is 13.6. The molecule has 1 saturated carbocycles. The zero-order valence-electron chi connectivity index (χ0n) is 12.2. The molecule has 0 amide bonds. The average molecular weight is 274 g/mol. The van der Waals surface area contributed by atoms with E-state index < -0.39 is 11.4 Å². The molecule has 1 N–H and O–H groups in total. The lowest BCUT2D eigenvalue weighted by Crippen LogP contribution is -2.50. The van der Waals surface area contributed by atoms with Crippen LogP contribution in [0.5, 0.6) is 0 Å². The molecule has 1 fully saturated rings. The van der Waals surface area contributed by atoms with Crippen molar-refractivity contribution in [2.24, 2.45) is 16.7 Å². The zero-order chi connectivity index (χ0) is 14.5. The summed E-state index contributed by atoms with van der Waals surface area (Å²) in [6.45, 7) is 4.07. The van der Waals surface area contributed by atoms with Gasteiger partial charge in [0.1, 0.15) is 0 Å². The van der Waals surface area contributed by atoms with E-state index in [2.05, 4.69) is 13.0 Å². The molecule has 0 aromatic heterocycles. The minimum Gasteiger partial charge on any atom is -0.481 e. The van der Waals surface area contributed by atoms with E-state index in [1.165, 1.54) is 5.57 Å². The quantitative estimate of drug-likeness (QED) is 0.796. The number of ketones is 1. The standard InChI is InChI=1S/C17H22O3/c1-16-8-3-9-17(2,15(19)20)14(16)7-5-11-4-6-12(18)10-13(11)16/h5,10,14H,3-4,6-9H2,1-2H3,(H,19,20)/t14-,16-,17+/m1/s1. The van der Waals surface area contributed by atoms with Crippen LogP contribution in [0.3, 0.4) is 0 Å². The Kier molecular flexibility index (Phi) is 2.93. The maximum Gasteiger partial charge on any atom is 0.309 e. The van der Waals surface area contributed by atoms with Gasteiger partial charge in [-0.05, 0) is 61.2 Å². The minimum atomic E-state index is -0.687. The van der Waals surface area contributed by atoms with Gasteiger partial charge < -0.3 is 5.11 Å². The predicted molar refractivity (Wildman–Crippen MR) is 76.2 cm³/mol. The van der Waals surface area contributed by atoms with E-state index in [4.69, 9.17) is 0 Å². The highest BCUT2D eigenvalue weighted by Gasteiger charge is 2.55. The van der Waals surface area contributed by atoms with Crippen molar-refractivity contribution in [2.75, 3.05) is 0 Å². The molecular weight excluding hydrogens is 252 g/mol. The molecule has 3 nitrogen and oxygen atoms in total. The lowest BCUT2D eigenvalue weighted by Gasteiger charge is -2.54. The van der Waals surface area contributed by atoms with Gasteiger partial charge in [-0.15, -0.1) is 0 Å². The lowest BCUT2D eigenvalue weighted by atomic mass is 9.49. The number of rotatable bonds is 1. The third-order valence-electron chi connectivity index (χ3n) is 5.93. The van der Waals surface area contributed by atoms with Crippen molar-refractivity contribution < 1.29 is 14.7 Å². The number of hydrogen-bond acceptors (Lipinski definition) is 2. The number of fused-ring (bicyclic) bond motifs is 3. The topological polar surface area (TPSA) is 54.4 Å². The van der Waals surface area contributed by atoms with E-state index in [-0.39, 0.29) is 17.1 Å². The molecule has 0 spiro atoms. The summed E-state index contributed by atoms with van der Waals surface area (Å²) >= 11 is 0. The first-order chi connectivity index (χ1) is 9.38. The Morgan fingerprint density at radius 2 is 2.05 bits per heavy atom. The van der Waals surface area contributed by atoms with Crippen LogP contribution >= 0.6 is 0 Å². The highest BCUT2D eigenvalue weighted by molar-refractivity contribution is 5.93. The maximum absolute atomic E-state index is 11.8. The number of carbonyl (C=O) groups excluding carboxylic acids is 1. The van der Waals surface area contributed by atoms with Crippen LogP contribution in [0, 0.1) is 16.7 Å². The molecule has 0 aromatic rings. The monoisotopic (exact) mass is 274 g/mol. The number of carbonyl (C=O) groups is 2. The Labute approximate surface area is 119 Å². The smallest absolute Gasteiger partial charge is 0.309 e. The molecule has 0 heterocycles. The summed E-state index contributed by atoms with van der Waals surface area (Å²) in [5.74, 6) is -0.392. The number of allylic oxidation sites excluding steroid dienone is 4. The maximum atomic E-state index is 11.8. The lowest BCUT2D eigenvalue weighted by molar-refractivity contribution is -0.158. The number of carboxylic acids is 1. The fourth-order valence-corrected chi connectivity index (χ4v) is 4.70. The van der Waals surface area contributed by atoms with Gasteiger partial charge in [0.25, 0.3) is 0 Å². The van der Waals surface area contributed by atoms with E-state index in [1.54, 1.807) is 6.08 Å². The molecule has 0 bridgehead atoms. The Morgan fingerprint density at radius 3 is 2.75 bits per heavy atom. The van der Waals surface area contributed by atoms with Crippen LogP contribution in [-0.4, -0.2) is 16.9 Å². The van der Waals surface area contributed by atoms with Crippen molar-refractivity contribution in [3.05, 3.63) is 23.3 Å². The minimum absolute atomic E-state index is 0.0992. The van der Waals surface area contributed by atoms with Gasteiger partial charge in [0.2, 0.25) is 0 Å². The molecular formula is C17H22O3. The van der Waals surface area contributed by atoms with E-state index in [1.807, 2.05) is 6.92 Å². The van der Waals surface area contributed by atoms with Gasteiger partial charge in [0.05, 0.1) is 5.41 Å². The Morgan fingerprint density at radius 1 is 1.30 bits per heavy atom. The van der Waals surface area contributed by atoms with Crippen LogP contribution in [0.25, 0.3) is 0 Å². The van der Waals surface area contributed by atoms with Gasteiger partial charge in [0, 0.05) is 6.42 Å². The molecule has 3 atom stereocenters. The van der Waals surface area contributed by atoms with Crippen molar-refractivity contribution in [3.8, 4) is 0 Å². The van der Waals surface area contributed by atoms with E-state index in [0.717, 1.165) is 37.7 Å². The van der Waals surface area contributed by atoms with E-state index in [0.29, 0.717) is 6.42 Å². The highest BCUT2D eigenvalue weighted by atomic mass is 16.4. The van der Waals surface area contributed by atoms with Gasteiger partial charge in [-0.3, -0.25) is 9.59 Å². The van der Waals surface area contributed by atoms with Crippen molar-refractivity contribution in [1.29, 1.82) is 0 Å². The fraction of sp³-hybridized carbons (Fsp3) is 0.647. The van der Waals surface area contributed by atoms with Gasteiger partial charge >= 0.3 is 5.97 Å². The number of aliphatic carboxylic acids is 1. The molecule has 0 aromatic carbocycles. The first-order valence-electron chi connectivity index (χ1n) is 7.56. The molecule has 0 unspecified atom stereocenters. The molecule has 3 aliphatic carbocycles. The van der Waals surface area contributed by atoms with Gasteiger partial charge in [-0.1, -0.05) is 19.4 Å². The van der Waals surface area contributed by atoms with Crippen LogP contribution in [0.2, 0.25) is 0 Å². The summed E-state index contributed by atoms with van der Waals surface area (Å²) in [4.78, 5) is 23.6. The normalized spacial score (nSPS) is 40.3. The van der Waals surface area contributed by atoms with Crippen LogP contribution < -0.4 is 0 Å². The molecule has 0 saturated heterocycles. The highest BCUT2D eigenvalue weighted by Crippen LogP contribution is 2.60. The Bertz CT molecular complexity index is 542. The third kappa shape index (κ3) is 1.72. The van der Waals surface area contributed by atoms with Crippen LogP contribution in [0.4, 0.5) is 0 Å². The fourth-order valence-electron chi connectivity index (χ4n) is 4.70. The van der Waals surface area contributed by atoms with Crippen molar-refractivity contribution in [2.45, 2.75) is 52.4 Å². The van der Waals surface area contributed by atoms with Gasteiger partial charge in [-0.2, -0.15) is 0 Å². The summed E-state index contributed by atoms with van der Waals surface area (Å²) in [6, 6.07) is 0. The Balaban J connectivity index is 2.11. The average Bonchev–Trinajstić information content (AvgIpc) is 2.39. The summed E-state index contributed by atoms with van der Waals surface area (Å²) < 4.78 is 0. The zero-order valence-corrected chi connectivity index (χ0v) is 12.2. The van der Waals surface area contributed by atoms with Crippen molar-refractivity contribution in [1.82, 2.24) is 0 Å². The molecule has 0 aliphatic heterocycles. The summed E-state index contributed by atoms with van der Waals surface area (Å²) in [5, 5.41) is 9.69. The Hall–Kier alpha value is -1.38. The molecule has 108 valence electrons. The third-order valence-corrected chi connectivity index (χ3v) is 5.93. The molecule has 20 heavy (non-hydrogen) atoms. The number of hydrogen-bond donors (Lipinski definition) is 1. The molecule has 3 heteroatoms. The van der Waals surface area contributed by atoms with Crippen molar-refractivity contribution in [3.63, 3.8) is 0 Å². The molecule has 3 rings (SSSR count). The first-order valence-corrected chi connectivity index (χ1v) is 7.56. The summed E-state index contributed by atoms with van der Waals surface area (Å²) in [5.41, 5.74) is 1.61. The SMILES string of the molecule is C[C@]1(C(=O)O)CCC[C@]2(C)C3=CC(=O)CCC3=CC[C@@H]12. The van der Waals surface area contributed by atoms with Crippen LogP contribution in [-0.2, 0) is 9.59 Å². The van der Waals surface area contributed by atoms with Gasteiger partial charge in [-0.25, -0.2) is 0 Å². The molecule has 3 aliphatic rings. The van der Waals surface area contributed by atoms with E-state index in [9.17, 15) is 14.7 Å². The second-order valence-corrected chi connectivity index (χ2v) is 7.04.